The van der Waals surface area contributed by atoms with Crippen LogP contribution in [0.3, 0.4) is 0 Å². The third-order valence-electron chi connectivity index (χ3n) is 5.29. The number of nitrogens with zero attached hydrogens (tertiary/aromatic N) is 3. The molecule has 136 valence electrons. The zero-order valence-electron chi connectivity index (χ0n) is 15.4. The van der Waals surface area contributed by atoms with Gasteiger partial charge in [-0.15, -0.1) is 0 Å². The number of amides is 1. The Kier molecular flexibility index (Phi) is 4.09. The van der Waals surface area contributed by atoms with Crippen LogP contribution in [0.25, 0.3) is 22.3 Å². The first-order valence-corrected chi connectivity index (χ1v) is 9.47. The van der Waals surface area contributed by atoms with E-state index < -0.39 is 0 Å². The van der Waals surface area contributed by atoms with E-state index in [0.29, 0.717) is 12.1 Å². The Morgan fingerprint density at radius 1 is 0.857 bits per heavy atom. The van der Waals surface area contributed by atoms with E-state index in [-0.39, 0.29) is 5.91 Å². The number of para-hydroxylation sites is 1. The van der Waals surface area contributed by atoms with Crippen molar-refractivity contribution in [1.29, 1.82) is 0 Å². The fourth-order valence-electron chi connectivity index (χ4n) is 3.84. The summed E-state index contributed by atoms with van der Waals surface area (Å²) in [5.74, 6) is 0.0466. The van der Waals surface area contributed by atoms with E-state index in [1.54, 1.807) is 6.20 Å². The maximum atomic E-state index is 13.5. The van der Waals surface area contributed by atoms with E-state index >= 15 is 0 Å². The van der Waals surface area contributed by atoms with Crippen LogP contribution >= 0.6 is 0 Å². The summed E-state index contributed by atoms with van der Waals surface area (Å²) in [5, 5.41) is 0.881. The van der Waals surface area contributed by atoms with E-state index in [0.717, 1.165) is 35.3 Å². The van der Waals surface area contributed by atoms with Crippen molar-refractivity contribution < 1.29 is 4.79 Å². The third kappa shape index (κ3) is 2.93. The molecule has 0 spiro atoms. The molecule has 2 aromatic heterocycles. The largest absolute Gasteiger partial charge is 0.334 e. The Labute approximate surface area is 163 Å². The summed E-state index contributed by atoms with van der Waals surface area (Å²) in [5.41, 5.74) is 5.55. The van der Waals surface area contributed by atoms with Crippen molar-refractivity contribution >= 4 is 16.8 Å². The van der Waals surface area contributed by atoms with Gasteiger partial charge < -0.3 is 4.90 Å². The number of benzene rings is 2. The lowest BCUT2D eigenvalue weighted by Crippen LogP contribution is -2.36. The van der Waals surface area contributed by atoms with Gasteiger partial charge in [0.1, 0.15) is 0 Å². The van der Waals surface area contributed by atoms with E-state index in [9.17, 15) is 4.79 Å². The van der Waals surface area contributed by atoms with Crippen molar-refractivity contribution in [1.82, 2.24) is 14.9 Å². The van der Waals surface area contributed by atoms with Gasteiger partial charge in [0.15, 0.2) is 0 Å². The van der Waals surface area contributed by atoms with Gasteiger partial charge >= 0.3 is 0 Å². The number of rotatable bonds is 2. The molecule has 4 aromatic rings. The van der Waals surface area contributed by atoms with Crippen molar-refractivity contribution in [2.24, 2.45) is 0 Å². The minimum Gasteiger partial charge on any atom is -0.334 e. The summed E-state index contributed by atoms with van der Waals surface area (Å²) >= 11 is 0. The summed E-state index contributed by atoms with van der Waals surface area (Å²) < 4.78 is 0. The molecule has 1 amide bonds. The molecular weight excluding hydrogens is 346 g/mol. The average molecular weight is 365 g/mol. The molecule has 3 heterocycles. The molecule has 0 unspecified atom stereocenters. The molecule has 0 bridgehead atoms. The van der Waals surface area contributed by atoms with Crippen molar-refractivity contribution in [3.8, 4) is 11.4 Å². The van der Waals surface area contributed by atoms with Crippen LogP contribution in [-0.2, 0) is 13.0 Å². The molecule has 28 heavy (non-hydrogen) atoms. The lowest BCUT2D eigenvalue weighted by Gasteiger charge is -2.29. The predicted molar refractivity (Wildman–Crippen MR) is 110 cm³/mol. The number of hydrogen-bond donors (Lipinski definition) is 0. The molecule has 4 heteroatoms. The fourth-order valence-corrected chi connectivity index (χ4v) is 3.84. The molecule has 0 radical (unpaired) electrons. The topological polar surface area (TPSA) is 46.1 Å². The summed E-state index contributed by atoms with van der Waals surface area (Å²) in [6.45, 7) is 1.37. The first kappa shape index (κ1) is 16.6. The lowest BCUT2D eigenvalue weighted by molar-refractivity contribution is 0.0736. The summed E-state index contributed by atoms with van der Waals surface area (Å²) in [4.78, 5) is 24.6. The van der Waals surface area contributed by atoms with Crippen LogP contribution in [-0.4, -0.2) is 27.3 Å². The van der Waals surface area contributed by atoms with Crippen molar-refractivity contribution in [3.63, 3.8) is 0 Å². The lowest BCUT2D eigenvalue weighted by atomic mass is 9.98. The molecule has 0 fully saturated rings. The van der Waals surface area contributed by atoms with Gasteiger partial charge in [0.05, 0.1) is 22.5 Å². The number of carbonyl (C=O) groups is 1. The van der Waals surface area contributed by atoms with Crippen LogP contribution in [0.5, 0.6) is 0 Å². The highest BCUT2D eigenvalue weighted by molar-refractivity contribution is 6.07. The number of fused-ring (bicyclic) bond motifs is 2. The SMILES string of the molecule is O=C(c1cc(-c2ccccn2)nc2ccccc12)N1CCc2ccccc2C1. The first-order chi connectivity index (χ1) is 13.8. The molecule has 1 aliphatic heterocycles. The quantitative estimate of drug-likeness (QED) is 0.526. The van der Waals surface area contributed by atoms with Crippen LogP contribution in [0.15, 0.2) is 79.0 Å². The average Bonchev–Trinajstić information content (AvgIpc) is 2.78. The second-order valence-corrected chi connectivity index (χ2v) is 7.03. The summed E-state index contributed by atoms with van der Waals surface area (Å²) in [7, 11) is 0. The van der Waals surface area contributed by atoms with Gasteiger partial charge in [-0.05, 0) is 41.8 Å². The Balaban J connectivity index is 1.59. The Morgan fingerprint density at radius 3 is 2.50 bits per heavy atom. The summed E-state index contributed by atoms with van der Waals surface area (Å²) in [6, 6.07) is 23.8. The van der Waals surface area contributed by atoms with E-state index in [4.69, 9.17) is 4.98 Å². The second kappa shape index (κ2) is 6.89. The molecule has 0 saturated heterocycles. The van der Waals surface area contributed by atoms with Gasteiger partial charge in [-0.2, -0.15) is 0 Å². The minimum atomic E-state index is 0.0466. The predicted octanol–water partition coefficient (Wildman–Crippen LogP) is 4.50. The molecular formula is C24H19N3O. The minimum absolute atomic E-state index is 0.0466. The molecule has 0 aliphatic carbocycles. The third-order valence-corrected chi connectivity index (χ3v) is 5.29. The molecule has 5 rings (SSSR count). The highest BCUT2D eigenvalue weighted by Gasteiger charge is 2.24. The van der Waals surface area contributed by atoms with Crippen LogP contribution in [0.4, 0.5) is 0 Å². The van der Waals surface area contributed by atoms with Crippen LogP contribution in [0.2, 0.25) is 0 Å². The van der Waals surface area contributed by atoms with Crippen molar-refractivity contribution in [2.75, 3.05) is 6.54 Å². The van der Waals surface area contributed by atoms with Crippen LogP contribution in [0, 0.1) is 0 Å². The highest BCUT2D eigenvalue weighted by Crippen LogP contribution is 2.27. The van der Waals surface area contributed by atoms with Crippen molar-refractivity contribution in [2.45, 2.75) is 13.0 Å². The molecule has 0 atom stereocenters. The zero-order chi connectivity index (χ0) is 18.9. The Hall–Kier alpha value is -3.53. The highest BCUT2D eigenvalue weighted by atomic mass is 16.2. The smallest absolute Gasteiger partial charge is 0.254 e. The Morgan fingerprint density at radius 2 is 1.64 bits per heavy atom. The normalized spacial score (nSPS) is 13.4. The number of carbonyl (C=O) groups excluding carboxylic acids is 1. The summed E-state index contributed by atoms with van der Waals surface area (Å²) in [6.07, 6.45) is 2.63. The second-order valence-electron chi connectivity index (χ2n) is 7.03. The molecule has 2 aromatic carbocycles. The molecule has 4 nitrogen and oxygen atoms in total. The van der Waals surface area contributed by atoms with E-state index in [1.807, 2.05) is 59.5 Å². The zero-order valence-corrected chi connectivity index (χ0v) is 15.4. The van der Waals surface area contributed by atoms with Gasteiger partial charge in [0.25, 0.3) is 5.91 Å². The Bertz CT molecular complexity index is 1170. The van der Waals surface area contributed by atoms with Gasteiger partial charge in [-0.25, -0.2) is 4.98 Å². The molecule has 0 saturated carbocycles. The van der Waals surface area contributed by atoms with Gasteiger partial charge in [0.2, 0.25) is 0 Å². The number of pyridine rings is 2. The number of hydrogen-bond acceptors (Lipinski definition) is 3. The van der Waals surface area contributed by atoms with E-state index in [1.165, 1.54) is 11.1 Å². The fraction of sp³-hybridized carbons (Fsp3) is 0.125. The standard InChI is InChI=1S/C24H19N3O/c28-24(27-14-12-17-7-1-2-8-18(17)16-27)20-15-23(22-11-5-6-13-25-22)26-21-10-4-3-9-19(20)21/h1-11,13,15H,12,14,16H2. The van der Waals surface area contributed by atoms with Gasteiger partial charge in [-0.3, -0.25) is 9.78 Å². The maximum Gasteiger partial charge on any atom is 0.254 e. The van der Waals surface area contributed by atoms with Crippen LogP contribution in [0.1, 0.15) is 21.5 Å². The van der Waals surface area contributed by atoms with Crippen molar-refractivity contribution in [3.05, 3.63) is 95.7 Å². The van der Waals surface area contributed by atoms with E-state index in [2.05, 4.69) is 23.2 Å². The maximum absolute atomic E-state index is 13.5. The van der Waals surface area contributed by atoms with Gasteiger partial charge in [0, 0.05) is 24.7 Å². The monoisotopic (exact) mass is 365 g/mol. The first-order valence-electron chi connectivity index (χ1n) is 9.47. The molecule has 1 aliphatic rings. The van der Waals surface area contributed by atoms with Gasteiger partial charge in [-0.1, -0.05) is 48.5 Å². The molecule has 0 N–H and O–H groups in total. The van der Waals surface area contributed by atoms with Crippen LogP contribution < -0.4 is 0 Å². The number of aromatic nitrogens is 2.